The molecule has 3 rings (SSSR count). The van der Waals surface area contributed by atoms with Crippen molar-refractivity contribution in [2.75, 3.05) is 4.72 Å². The van der Waals surface area contributed by atoms with E-state index in [1.54, 1.807) is 31.2 Å². The van der Waals surface area contributed by atoms with Crippen LogP contribution >= 0.6 is 0 Å². The quantitative estimate of drug-likeness (QED) is 0.537. The first kappa shape index (κ1) is 22.6. The van der Waals surface area contributed by atoms with Gasteiger partial charge in [-0.05, 0) is 67.6 Å². The molecule has 0 saturated carbocycles. The van der Waals surface area contributed by atoms with Gasteiger partial charge in [-0.2, -0.15) is 0 Å². The van der Waals surface area contributed by atoms with E-state index in [0.717, 1.165) is 17.5 Å². The zero-order chi connectivity index (χ0) is 22.6. The molecular formula is C25H28N2O3S. The van der Waals surface area contributed by atoms with Crippen LogP contribution in [-0.4, -0.2) is 14.3 Å². The standard InChI is InChI=1S/C25H28N2O3S/c1-5-20-11-14-21(15-12-20)19(4)26-25(28)22-13-10-18(3)24(16-22)31(29,30)27-23-9-7-6-8-17(23)2/h6-16,19,27H,5H2,1-4H3,(H,26,28)/t19-/m1/s1. The zero-order valence-electron chi connectivity index (χ0n) is 18.3. The third-order valence-corrected chi connectivity index (χ3v) is 6.87. The van der Waals surface area contributed by atoms with Crippen LogP contribution in [-0.2, 0) is 16.4 Å². The molecule has 0 radical (unpaired) electrons. The fourth-order valence-electron chi connectivity index (χ4n) is 3.32. The van der Waals surface area contributed by atoms with Crippen molar-refractivity contribution in [1.29, 1.82) is 0 Å². The zero-order valence-corrected chi connectivity index (χ0v) is 19.1. The predicted molar refractivity (Wildman–Crippen MR) is 125 cm³/mol. The molecular weight excluding hydrogens is 408 g/mol. The highest BCUT2D eigenvalue weighted by molar-refractivity contribution is 7.92. The summed E-state index contributed by atoms with van der Waals surface area (Å²) in [4.78, 5) is 12.9. The summed E-state index contributed by atoms with van der Waals surface area (Å²) >= 11 is 0. The second-order valence-electron chi connectivity index (χ2n) is 7.69. The number of para-hydroxylation sites is 1. The first-order valence-corrected chi connectivity index (χ1v) is 11.8. The normalized spacial score (nSPS) is 12.3. The van der Waals surface area contributed by atoms with Crippen molar-refractivity contribution in [2.45, 2.75) is 45.1 Å². The molecule has 0 aliphatic rings. The number of rotatable bonds is 7. The molecule has 0 aliphatic carbocycles. The molecule has 1 atom stereocenters. The average Bonchev–Trinajstić information content (AvgIpc) is 2.75. The number of hydrogen-bond acceptors (Lipinski definition) is 3. The van der Waals surface area contributed by atoms with Gasteiger partial charge in [-0.25, -0.2) is 8.42 Å². The topological polar surface area (TPSA) is 75.3 Å². The third kappa shape index (κ3) is 5.33. The van der Waals surface area contributed by atoms with Gasteiger partial charge in [-0.15, -0.1) is 0 Å². The Bertz CT molecular complexity index is 1190. The Morgan fingerprint density at radius 3 is 2.26 bits per heavy atom. The molecule has 3 aromatic rings. The first-order valence-electron chi connectivity index (χ1n) is 10.3. The van der Waals surface area contributed by atoms with Crippen LogP contribution in [0.2, 0.25) is 0 Å². The van der Waals surface area contributed by atoms with Crippen molar-refractivity contribution in [3.05, 3.63) is 94.5 Å². The van der Waals surface area contributed by atoms with E-state index in [9.17, 15) is 13.2 Å². The van der Waals surface area contributed by atoms with Crippen LogP contribution < -0.4 is 10.0 Å². The molecule has 31 heavy (non-hydrogen) atoms. The van der Waals surface area contributed by atoms with Crippen molar-refractivity contribution in [2.24, 2.45) is 0 Å². The Labute approximate surface area is 184 Å². The molecule has 2 N–H and O–H groups in total. The minimum Gasteiger partial charge on any atom is -0.346 e. The summed E-state index contributed by atoms with van der Waals surface area (Å²) in [7, 11) is -3.84. The van der Waals surface area contributed by atoms with Gasteiger partial charge in [0.1, 0.15) is 0 Å². The second-order valence-corrected chi connectivity index (χ2v) is 9.34. The van der Waals surface area contributed by atoms with E-state index in [-0.39, 0.29) is 16.8 Å². The molecule has 0 aliphatic heterocycles. The van der Waals surface area contributed by atoms with E-state index >= 15 is 0 Å². The summed E-state index contributed by atoms with van der Waals surface area (Å²) in [5.41, 5.74) is 4.43. The van der Waals surface area contributed by atoms with Gasteiger partial charge in [0.15, 0.2) is 0 Å². The maximum Gasteiger partial charge on any atom is 0.262 e. The molecule has 0 heterocycles. The summed E-state index contributed by atoms with van der Waals surface area (Å²) in [6, 6.07) is 19.8. The number of hydrogen-bond donors (Lipinski definition) is 2. The molecule has 6 heteroatoms. The first-order chi connectivity index (χ1) is 14.7. The number of anilines is 1. The van der Waals surface area contributed by atoms with Gasteiger partial charge in [0.25, 0.3) is 15.9 Å². The molecule has 5 nitrogen and oxygen atoms in total. The molecule has 0 saturated heterocycles. The van der Waals surface area contributed by atoms with E-state index in [1.165, 1.54) is 11.6 Å². The van der Waals surface area contributed by atoms with Crippen LogP contribution in [0.25, 0.3) is 0 Å². The molecule has 3 aromatic carbocycles. The van der Waals surface area contributed by atoms with Gasteiger partial charge >= 0.3 is 0 Å². The number of amides is 1. The van der Waals surface area contributed by atoms with E-state index in [4.69, 9.17) is 0 Å². The highest BCUT2D eigenvalue weighted by Crippen LogP contribution is 2.23. The smallest absolute Gasteiger partial charge is 0.262 e. The average molecular weight is 437 g/mol. The van der Waals surface area contributed by atoms with Crippen molar-refractivity contribution in [1.82, 2.24) is 5.32 Å². The van der Waals surface area contributed by atoms with E-state index in [1.807, 2.05) is 50.2 Å². The van der Waals surface area contributed by atoms with Gasteiger partial charge in [0, 0.05) is 5.56 Å². The number of sulfonamides is 1. The fraction of sp³-hybridized carbons (Fsp3) is 0.240. The van der Waals surface area contributed by atoms with Gasteiger partial charge < -0.3 is 5.32 Å². The summed E-state index contributed by atoms with van der Waals surface area (Å²) in [6.07, 6.45) is 0.957. The molecule has 162 valence electrons. The van der Waals surface area contributed by atoms with Crippen molar-refractivity contribution >= 4 is 21.6 Å². The number of benzene rings is 3. The minimum absolute atomic E-state index is 0.0864. The second kappa shape index (κ2) is 9.35. The number of aryl methyl sites for hydroxylation is 3. The Hall–Kier alpha value is -3.12. The van der Waals surface area contributed by atoms with Crippen LogP contribution in [0.15, 0.2) is 71.6 Å². The monoisotopic (exact) mass is 436 g/mol. The SMILES string of the molecule is CCc1ccc([C@@H](C)NC(=O)c2ccc(C)c(S(=O)(=O)Nc3ccccc3C)c2)cc1. The van der Waals surface area contributed by atoms with Crippen LogP contribution in [0, 0.1) is 13.8 Å². The summed E-state index contributed by atoms with van der Waals surface area (Å²) in [5, 5.41) is 2.95. The lowest BCUT2D eigenvalue weighted by molar-refractivity contribution is 0.0939. The van der Waals surface area contributed by atoms with Crippen LogP contribution in [0.4, 0.5) is 5.69 Å². The fourth-order valence-corrected chi connectivity index (χ4v) is 4.73. The van der Waals surface area contributed by atoms with Crippen molar-refractivity contribution in [3.63, 3.8) is 0 Å². The molecule has 0 fully saturated rings. The Morgan fingerprint density at radius 2 is 1.61 bits per heavy atom. The van der Waals surface area contributed by atoms with E-state index in [0.29, 0.717) is 16.8 Å². The van der Waals surface area contributed by atoms with Crippen LogP contribution in [0.5, 0.6) is 0 Å². The Kier molecular flexibility index (Phi) is 6.81. The lowest BCUT2D eigenvalue weighted by atomic mass is 10.0. The van der Waals surface area contributed by atoms with E-state index < -0.39 is 10.0 Å². The number of nitrogens with one attached hydrogen (secondary N) is 2. The molecule has 0 aromatic heterocycles. The van der Waals surface area contributed by atoms with Crippen molar-refractivity contribution in [3.8, 4) is 0 Å². The van der Waals surface area contributed by atoms with Gasteiger partial charge in [0.2, 0.25) is 0 Å². The lowest BCUT2D eigenvalue weighted by Crippen LogP contribution is -2.27. The lowest BCUT2D eigenvalue weighted by Gasteiger charge is -2.16. The number of carbonyl (C=O) groups is 1. The molecule has 1 amide bonds. The molecule has 0 unspecified atom stereocenters. The molecule has 0 bridgehead atoms. The third-order valence-electron chi connectivity index (χ3n) is 5.36. The summed E-state index contributed by atoms with van der Waals surface area (Å²) in [6.45, 7) is 7.55. The van der Waals surface area contributed by atoms with Gasteiger partial charge in [-0.3, -0.25) is 9.52 Å². The predicted octanol–water partition coefficient (Wildman–Crippen LogP) is 5.16. The molecule has 0 spiro atoms. The summed E-state index contributed by atoms with van der Waals surface area (Å²) in [5.74, 6) is -0.320. The van der Waals surface area contributed by atoms with Gasteiger partial charge in [0.05, 0.1) is 16.6 Å². The highest BCUT2D eigenvalue weighted by atomic mass is 32.2. The van der Waals surface area contributed by atoms with Gasteiger partial charge in [-0.1, -0.05) is 55.5 Å². The van der Waals surface area contributed by atoms with Crippen molar-refractivity contribution < 1.29 is 13.2 Å². The largest absolute Gasteiger partial charge is 0.346 e. The van der Waals surface area contributed by atoms with Crippen LogP contribution in [0.3, 0.4) is 0 Å². The Morgan fingerprint density at radius 1 is 0.935 bits per heavy atom. The maximum absolute atomic E-state index is 13.0. The number of carbonyl (C=O) groups excluding carboxylic acids is 1. The Balaban J connectivity index is 1.82. The maximum atomic E-state index is 13.0. The minimum atomic E-state index is -3.84. The van der Waals surface area contributed by atoms with E-state index in [2.05, 4.69) is 17.0 Å². The van der Waals surface area contributed by atoms with Crippen LogP contribution in [0.1, 0.15) is 52.5 Å². The highest BCUT2D eigenvalue weighted by Gasteiger charge is 2.21. The summed E-state index contributed by atoms with van der Waals surface area (Å²) < 4.78 is 28.6.